The summed E-state index contributed by atoms with van der Waals surface area (Å²) < 4.78 is 11.8. The number of ether oxygens (including phenoxy) is 2. The van der Waals surface area contributed by atoms with Crippen molar-refractivity contribution in [3.63, 3.8) is 0 Å². The lowest BCUT2D eigenvalue weighted by Gasteiger charge is -2.33. The number of fused-ring (bicyclic) bond motifs is 2. The first-order valence-corrected chi connectivity index (χ1v) is 27.8. The quantitative estimate of drug-likeness (QED) is 0.0654. The predicted molar refractivity (Wildman–Crippen MR) is 303 cm³/mol. The van der Waals surface area contributed by atoms with Crippen molar-refractivity contribution in [1.29, 1.82) is 0 Å². The molecule has 0 radical (unpaired) electrons. The van der Waals surface area contributed by atoms with E-state index < -0.39 is 83.6 Å². The number of Topliss-reactive ketones (excluding diaryl/α,β-unsaturated/α-hetero) is 1. The number of benzene rings is 4. The number of carbonyl (C=O) groups excluding carboxylic acids is 7. The monoisotopic (exact) mass is 1100 g/mol. The Morgan fingerprint density at radius 1 is 0.679 bits per heavy atom. The summed E-state index contributed by atoms with van der Waals surface area (Å²) in [7, 11) is 0. The maximum absolute atomic E-state index is 15.4. The number of H-pyrrole nitrogens is 1. The SMILES string of the molecule is NCCNC(=O)O[C@@H]1C[C@H]2C(=O)N[C@H](CCc3ccccc3)C(=O)N[C@H](Cc3c[nH]c4ccccc34)C(=O)C[C@@H](CN3CCNCC3)C(=O)N[C@@H](Cc3ccc(OCc4ccccc4)cc3)C(=O)N[C@@H](Cc3cccnc3)C(=O)N2C1. The molecule has 0 bridgehead atoms. The smallest absolute Gasteiger partial charge is 0.407 e. The standard InChI is InChI=1S/C61H71N11O9/c62-23-25-65-61(79)81-47-34-54-59(77)67-50(22-19-40-10-3-1-4-11-40)57(75)68-51(32-44-36-66-49-16-8-7-15-48(44)49)55(73)33-45(37-71-28-26-63-27-29-71)56(74)69-52(30-41-17-20-46(21-18-41)80-39-42-12-5-2-6-13-42)58(76)70-53(60(78)72(54)38-47)31-43-14-9-24-64-35-43/h1-18,20-21,24,35-36,45,47,50-54,63,66H,19,22-23,25-34,37-39,62H2,(H,65,79)(H,67,77)(H,68,75)(H,69,74)(H,70,76)/t45-,47+,50+,51+,52-,53-,54-/m0/s1. The molecule has 7 atom stereocenters. The Hall–Kier alpha value is -8.46. The van der Waals surface area contributed by atoms with Gasteiger partial charge in [-0.2, -0.15) is 0 Å². The summed E-state index contributed by atoms with van der Waals surface area (Å²) in [6.45, 7) is 3.00. The van der Waals surface area contributed by atoms with E-state index in [0.29, 0.717) is 56.1 Å². The molecule has 81 heavy (non-hydrogen) atoms. The number of hydrogen-bond acceptors (Lipinski definition) is 13. The van der Waals surface area contributed by atoms with E-state index in [1.807, 2.05) is 84.9 Å². The summed E-state index contributed by atoms with van der Waals surface area (Å²) in [6.07, 6.45) is 3.02. The van der Waals surface area contributed by atoms with Crippen LogP contribution in [0.1, 0.15) is 47.1 Å². The normalized spacial score (nSPS) is 22.6. The molecule has 9 N–H and O–H groups in total. The zero-order valence-corrected chi connectivity index (χ0v) is 45.2. The number of nitrogens with one attached hydrogen (secondary N) is 7. The van der Waals surface area contributed by atoms with E-state index in [1.54, 1.807) is 55.0 Å². The Morgan fingerprint density at radius 2 is 1.35 bits per heavy atom. The highest BCUT2D eigenvalue weighted by atomic mass is 16.6. The van der Waals surface area contributed by atoms with Crippen molar-refractivity contribution in [2.45, 2.75) is 87.9 Å². The number of pyridine rings is 1. The van der Waals surface area contributed by atoms with Gasteiger partial charge >= 0.3 is 6.09 Å². The van der Waals surface area contributed by atoms with Gasteiger partial charge in [-0.1, -0.05) is 97.1 Å². The van der Waals surface area contributed by atoms with Gasteiger partial charge in [-0.05, 0) is 64.9 Å². The number of nitrogens with zero attached hydrogens (tertiary/aromatic N) is 3. The minimum atomic E-state index is -1.35. The lowest BCUT2D eigenvalue weighted by atomic mass is 9.92. The van der Waals surface area contributed by atoms with Gasteiger partial charge < -0.3 is 61.9 Å². The molecular weight excluding hydrogens is 1030 g/mol. The van der Waals surface area contributed by atoms with Crippen molar-refractivity contribution in [3.8, 4) is 5.75 Å². The van der Waals surface area contributed by atoms with Crippen LogP contribution < -0.4 is 42.4 Å². The van der Waals surface area contributed by atoms with E-state index >= 15 is 28.8 Å². The summed E-state index contributed by atoms with van der Waals surface area (Å²) >= 11 is 0. The van der Waals surface area contributed by atoms with Gasteiger partial charge in [0.1, 0.15) is 42.6 Å². The Morgan fingerprint density at radius 3 is 2.09 bits per heavy atom. The van der Waals surface area contributed by atoms with Crippen molar-refractivity contribution < 1.29 is 43.0 Å². The summed E-state index contributed by atoms with van der Waals surface area (Å²) in [5.74, 6) is -4.18. The van der Waals surface area contributed by atoms with Gasteiger partial charge in [-0.25, -0.2) is 4.79 Å². The van der Waals surface area contributed by atoms with Crippen molar-refractivity contribution >= 4 is 52.3 Å². The predicted octanol–water partition coefficient (Wildman–Crippen LogP) is 2.89. The van der Waals surface area contributed by atoms with Crippen LogP contribution in [0.3, 0.4) is 0 Å². The molecule has 3 aliphatic rings. The first-order chi connectivity index (χ1) is 39.5. The van der Waals surface area contributed by atoms with Crippen LogP contribution in [0.2, 0.25) is 0 Å². The van der Waals surface area contributed by atoms with Gasteiger partial charge in [-0.15, -0.1) is 0 Å². The third-order valence-corrected chi connectivity index (χ3v) is 15.1. The highest BCUT2D eigenvalue weighted by molar-refractivity contribution is 5.99. The van der Waals surface area contributed by atoms with Crippen molar-refractivity contribution in [2.75, 3.05) is 52.4 Å². The van der Waals surface area contributed by atoms with E-state index in [4.69, 9.17) is 15.2 Å². The van der Waals surface area contributed by atoms with Crippen LogP contribution in [0.15, 0.2) is 140 Å². The average Bonchev–Trinajstić information content (AvgIpc) is 4.11. The third kappa shape index (κ3) is 15.9. The molecule has 0 unspecified atom stereocenters. The molecule has 20 heteroatoms. The van der Waals surface area contributed by atoms with Crippen LogP contribution in [-0.4, -0.2) is 150 Å². The van der Waals surface area contributed by atoms with E-state index in [2.05, 4.69) is 46.8 Å². The van der Waals surface area contributed by atoms with Gasteiger partial charge in [0.2, 0.25) is 29.5 Å². The molecule has 2 aromatic heterocycles. The van der Waals surface area contributed by atoms with E-state index in [1.165, 1.54) is 4.90 Å². The molecule has 4 aromatic carbocycles. The molecule has 3 fully saturated rings. The number of aryl methyl sites for hydroxylation is 1. The van der Waals surface area contributed by atoms with E-state index in [0.717, 1.165) is 27.6 Å². The number of nitrogens with two attached hydrogens (primary N) is 1. The second kappa shape index (κ2) is 28.1. The van der Waals surface area contributed by atoms with Crippen LogP contribution in [-0.2, 0) is 65.8 Å². The van der Waals surface area contributed by atoms with Gasteiger partial charge in [0.25, 0.3) is 0 Å². The molecule has 0 aliphatic carbocycles. The highest BCUT2D eigenvalue weighted by Crippen LogP contribution is 2.26. The summed E-state index contributed by atoms with van der Waals surface area (Å²) in [5, 5.41) is 18.7. The summed E-state index contributed by atoms with van der Waals surface area (Å²) in [4.78, 5) is 115. The molecule has 424 valence electrons. The van der Waals surface area contributed by atoms with Gasteiger partial charge in [0, 0.05) is 107 Å². The largest absolute Gasteiger partial charge is 0.489 e. The van der Waals surface area contributed by atoms with Crippen LogP contribution in [0.5, 0.6) is 5.75 Å². The number of aromatic nitrogens is 2. The molecule has 9 rings (SSSR count). The summed E-state index contributed by atoms with van der Waals surface area (Å²) in [5.41, 5.74) is 10.3. The molecular formula is C61H71N11O9. The molecule has 3 aliphatic heterocycles. The number of alkyl carbamates (subject to hydrolysis) is 1. The fourth-order valence-corrected chi connectivity index (χ4v) is 10.7. The van der Waals surface area contributed by atoms with Crippen LogP contribution in [0, 0.1) is 5.92 Å². The molecule has 0 spiro atoms. The van der Waals surface area contributed by atoms with E-state index in [-0.39, 0.29) is 64.7 Å². The van der Waals surface area contributed by atoms with E-state index in [9.17, 15) is 4.79 Å². The van der Waals surface area contributed by atoms with Crippen molar-refractivity contribution in [1.82, 2.24) is 51.7 Å². The van der Waals surface area contributed by atoms with Gasteiger partial charge in [0.15, 0.2) is 5.78 Å². The highest BCUT2D eigenvalue weighted by Gasteiger charge is 2.45. The topological polar surface area (TPSA) is 271 Å². The number of piperazine rings is 1. The third-order valence-electron chi connectivity index (χ3n) is 15.1. The Bertz CT molecular complexity index is 3090. The minimum Gasteiger partial charge on any atom is -0.489 e. The molecule has 5 heterocycles. The number of hydrogen-bond donors (Lipinski definition) is 8. The zero-order chi connectivity index (χ0) is 56.5. The van der Waals surface area contributed by atoms with Gasteiger partial charge in [0.05, 0.1) is 18.5 Å². The number of para-hydroxylation sites is 1. The second-order valence-electron chi connectivity index (χ2n) is 20.9. The first-order valence-electron chi connectivity index (χ1n) is 27.8. The molecule has 20 nitrogen and oxygen atoms in total. The van der Waals surface area contributed by atoms with Crippen LogP contribution >= 0.6 is 0 Å². The van der Waals surface area contributed by atoms with Crippen LogP contribution in [0.25, 0.3) is 10.9 Å². The van der Waals surface area contributed by atoms with Crippen molar-refractivity contribution in [2.24, 2.45) is 11.7 Å². The number of amides is 6. The molecule has 3 saturated heterocycles. The number of aromatic amines is 1. The molecule has 6 amide bonds. The Kier molecular flexibility index (Phi) is 19.9. The summed E-state index contributed by atoms with van der Waals surface area (Å²) in [6, 6.07) is 31.0. The van der Waals surface area contributed by atoms with Crippen molar-refractivity contribution in [3.05, 3.63) is 168 Å². The average molecular weight is 1100 g/mol. The maximum Gasteiger partial charge on any atom is 0.407 e. The Balaban J connectivity index is 1.10. The maximum atomic E-state index is 15.4. The number of ketones is 1. The van der Waals surface area contributed by atoms with Crippen LogP contribution in [0.4, 0.5) is 4.79 Å². The van der Waals surface area contributed by atoms with Gasteiger partial charge in [-0.3, -0.25) is 33.8 Å². The number of carbonyl (C=O) groups is 7. The number of rotatable bonds is 17. The fourth-order valence-electron chi connectivity index (χ4n) is 10.7. The fraction of sp³-hybridized carbons (Fsp3) is 0.377. The lowest BCUT2D eigenvalue weighted by molar-refractivity contribution is -0.143. The Labute approximate surface area is 470 Å². The molecule has 0 saturated carbocycles. The lowest BCUT2D eigenvalue weighted by Crippen LogP contribution is -2.60. The zero-order valence-electron chi connectivity index (χ0n) is 45.2. The minimum absolute atomic E-state index is 0.0369. The second-order valence-corrected chi connectivity index (χ2v) is 20.9. The molecule has 6 aromatic rings. The first kappa shape index (κ1) is 57.2.